The second-order valence-electron chi connectivity index (χ2n) is 9.17. The number of halogens is 2. The number of benzene rings is 3. The first kappa shape index (κ1) is 25.3. The lowest BCUT2D eigenvalue weighted by Gasteiger charge is -2.25. The molecule has 37 heavy (non-hydrogen) atoms. The summed E-state index contributed by atoms with van der Waals surface area (Å²) < 4.78 is 11.9. The van der Waals surface area contributed by atoms with Gasteiger partial charge in [0.1, 0.15) is 6.61 Å². The Hall–Kier alpha value is -3.33. The van der Waals surface area contributed by atoms with Gasteiger partial charge in [0.15, 0.2) is 17.0 Å². The van der Waals surface area contributed by atoms with Gasteiger partial charge in [-0.1, -0.05) is 53.5 Å². The molecule has 2 heterocycles. The van der Waals surface area contributed by atoms with E-state index < -0.39 is 23.4 Å². The highest BCUT2D eigenvalue weighted by Gasteiger charge is 2.67. The number of ether oxygens (including phenoxy) is 2. The smallest absolute Gasteiger partial charge is 0.256 e. The van der Waals surface area contributed by atoms with Crippen molar-refractivity contribution in [2.45, 2.75) is 44.0 Å². The van der Waals surface area contributed by atoms with Crippen LogP contribution >= 0.6 is 23.2 Å². The predicted octanol–water partition coefficient (Wildman–Crippen LogP) is 5.54. The lowest BCUT2D eigenvalue weighted by atomic mass is 9.78. The Morgan fingerprint density at radius 1 is 1.03 bits per heavy atom. The van der Waals surface area contributed by atoms with Crippen LogP contribution in [-0.2, 0) is 16.9 Å². The van der Waals surface area contributed by atoms with Crippen LogP contribution in [0, 0.1) is 10.1 Å². The maximum atomic E-state index is 13.2. The number of hydrogen-bond donors (Lipinski definition) is 2. The van der Waals surface area contributed by atoms with Gasteiger partial charge in [-0.2, -0.15) is 0 Å². The molecule has 0 aliphatic carbocycles. The van der Waals surface area contributed by atoms with Crippen molar-refractivity contribution in [3.05, 3.63) is 97.5 Å². The van der Waals surface area contributed by atoms with Crippen molar-refractivity contribution in [3.8, 4) is 11.5 Å². The number of nitrogens with zero attached hydrogens (tertiary/aromatic N) is 1. The van der Waals surface area contributed by atoms with Gasteiger partial charge >= 0.3 is 0 Å². The summed E-state index contributed by atoms with van der Waals surface area (Å²) in [5, 5.41) is 19.5. The molecule has 192 valence electrons. The van der Waals surface area contributed by atoms with Crippen LogP contribution in [0.25, 0.3) is 0 Å². The van der Waals surface area contributed by atoms with Gasteiger partial charge in [0.2, 0.25) is 0 Å². The van der Waals surface area contributed by atoms with Crippen molar-refractivity contribution in [3.63, 3.8) is 0 Å². The maximum absolute atomic E-state index is 13.2. The third-order valence-corrected chi connectivity index (χ3v) is 7.73. The molecule has 0 radical (unpaired) electrons. The molecule has 0 bridgehead atoms. The van der Waals surface area contributed by atoms with Crippen LogP contribution in [0.4, 0.5) is 5.69 Å². The first-order valence-electron chi connectivity index (χ1n) is 11.9. The predicted molar refractivity (Wildman–Crippen MR) is 141 cm³/mol. The standard InChI is InChI=1S/C27H25Cl2N3O5/c1-3-36-23-13-17(9-11-22(23)37-14-16-8-10-19(28)20(29)12-16)24-15(2)31-27(25(24)32(34)35)18-6-4-5-7-21(18)30-26(27)33/h4-13,15,24-25,31H,3,14H2,1-2H3,(H,30,33)/t15-,24-,25-,27+/m0/s1. The van der Waals surface area contributed by atoms with E-state index in [0.29, 0.717) is 45.0 Å². The zero-order valence-corrected chi connectivity index (χ0v) is 21.7. The highest BCUT2D eigenvalue weighted by Crippen LogP contribution is 2.50. The fraction of sp³-hybridized carbons (Fsp3) is 0.296. The quantitative estimate of drug-likeness (QED) is 0.300. The molecule has 0 aromatic heterocycles. The Kier molecular flexibility index (Phi) is 6.74. The van der Waals surface area contributed by atoms with Gasteiger partial charge < -0.3 is 14.8 Å². The SMILES string of the molecule is CCOc1cc([C@@H]2[C@H](C)N[C@@]3(C(=O)Nc4ccccc43)[C@H]2[N+](=O)[O-])ccc1OCc1ccc(Cl)c(Cl)c1. The van der Waals surface area contributed by atoms with Crippen LogP contribution in [0.3, 0.4) is 0 Å². The molecule has 3 aromatic carbocycles. The van der Waals surface area contributed by atoms with E-state index in [1.807, 2.05) is 19.9 Å². The summed E-state index contributed by atoms with van der Waals surface area (Å²) in [6.07, 6.45) is 0. The van der Waals surface area contributed by atoms with E-state index >= 15 is 0 Å². The van der Waals surface area contributed by atoms with Crippen molar-refractivity contribution >= 4 is 34.8 Å². The van der Waals surface area contributed by atoms with Crippen molar-refractivity contribution in [1.82, 2.24) is 5.32 Å². The highest BCUT2D eigenvalue weighted by atomic mass is 35.5. The fourth-order valence-corrected chi connectivity index (χ4v) is 5.78. The molecule has 5 rings (SSSR count). The van der Waals surface area contributed by atoms with Crippen LogP contribution in [0.1, 0.15) is 36.5 Å². The summed E-state index contributed by atoms with van der Waals surface area (Å²) >= 11 is 12.1. The van der Waals surface area contributed by atoms with Gasteiger partial charge in [-0.05, 0) is 55.3 Å². The van der Waals surface area contributed by atoms with Gasteiger partial charge in [0.05, 0.1) is 22.6 Å². The summed E-state index contributed by atoms with van der Waals surface area (Å²) in [6, 6.07) is 16.1. The molecule has 2 N–H and O–H groups in total. The number of hydrogen-bond acceptors (Lipinski definition) is 6. The molecule has 4 atom stereocenters. The molecule has 2 aliphatic rings. The van der Waals surface area contributed by atoms with Crippen molar-refractivity contribution in [2.24, 2.45) is 0 Å². The van der Waals surface area contributed by atoms with Crippen LogP contribution in [-0.4, -0.2) is 29.5 Å². The number of fused-ring (bicyclic) bond motifs is 2. The molecule has 2 aliphatic heterocycles. The number of para-hydroxylation sites is 1. The first-order chi connectivity index (χ1) is 17.8. The lowest BCUT2D eigenvalue weighted by molar-refractivity contribution is -0.532. The summed E-state index contributed by atoms with van der Waals surface area (Å²) in [5.41, 5.74) is 1.21. The number of nitro groups is 1. The van der Waals surface area contributed by atoms with Gasteiger partial charge in [-0.15, -0.1) is 0 Å². The topological polar surface area (TPSA) is 103 Å². The van der Waals surface area contributed by atoms with Gasteiger partial charge in [0, 0.05) is 22.2 Å². The molecule has 3 aromatic rings. The third-order valence-electron chi connectivity index (χ3n) is 6.99. The van der Waals surface area contributed by atoms with Gasteiger partial charge in [0.25, 0.3) is 11.9 Å². The minimum atomic E-state index is -1.47. The van der Waals surface area contributed by atoms with E-state index in [1.165, 1.54) is 0 Å². The number of carbonyl (C=O) groups is 1. The Morgan fingerprint density at radius 3 is 2.54 bits per heavy atom. The minimum Gasteiger partial charge on any atom is -0.490 e. The fourth-order valence-electron chi connectivity index (χ4n) is 5.46. The third kappa shape index (κ3) is 4.29. The molecule has 8 nitrogen and oxygen atoms in total. The zero-order chi connectivity index (χ0) is 26.3. The van der Waals surface area contributed by atoms with Gasteiger partial charge in [-0.3, -0.25) is 20.2 Å². The zero-order valence-electron chi connectivity index (χ0n) is 20.2. The Bertz CT molecular complexity index is 1380. The largest absolute Gasteiger partial charge is 0.490 e. The molecular weight excluding hydrogens is 517 g/mol. The molecule has 0 saturated carbocycles. The number of anilines is 1. The number of carbonyl (C=O) groups excluding carboxylic acids is 1. The summed E-state index contributed by atoms with van der Waals surface area (Å²) in [5.74, 6) is -0.0650. The molecule has 1 spiro atoms. The lowest BCUT2D eigenvalue weighted by Crippen LogP contribution is -2.54. The van der Waals surface area contributed by atoms with E-state index in [0.717, 1.165) is 5.56 Å². The highest BCUT2D eigenvalue weighted by molar-refractivity contribution is 6.42. The molecule has 0 unspecified atom stereocenters. The molecule has 10 heteroatoms. The summed E-state index contributed by atoms with van der Waals surface area (Å²) in [6.45, 7) is 4.32. The van der Waals surface area contributed by atoms with Crippen LogP contribution in [0.2, 0.25) is 10.0 Å². The Labute approximate surface area is 224 Å². The second-order valence-corrected chi connectivity index (χ2v) is 9.99. The molecule has 1 saturated heterocycles. The average molecular weight is 542 g/mol. The number of nitrogens with one attached hydrogen (secondary N) is 2. The minimum absolute atomic E-state index is 0.231. The van der Waals surface area contributed by atoms with E-state index in [4.69, 9.17) is 32.7 Å². The average Bonchev–Trinajstić information content (AvgIpc) is 3.34. The summed E-state index contributed by atoms with van der Waals surface area (Å²) in [7, 11) is 0. The van der Waals surface area contributed by atoms with E-state index in [1.54, 1.807) is 54.6 Å². The van der Waals surface area contributed by atoms with Crippen molar-refractivity contribution in [1.29, 1.82) is 0 Å². The van der Waals surface area contributed by atoms with E-state index in [-0.39, 0.29) is 17.6 Å². The Morgan fingerprint density at radius 2 is 1.81 bits per heavy atom. The Balaban J connectivity index is 1.49. The van der Waals surface area contributed by atoms with E-state index in [9.17, 15) is 14.9 Å². The normalized spacial score (nSPS) is 24.1. The van der Waals surface area contributed by atoms with Crippen LogP contribution < -0.4 is 20.1 Å². The number of amides is 1. The van der Waals surface area contributed by atoms with Crippen molar-refractivity contribution in [2.75, 3.05) is 11.9 Å². The van der Waals surface area contributed by atoms with Crippen LogP contribution in [0.15, 0.2) is 60.7 Å². The summed E-state index contributed by atoms with van der Waals surface area (Å²) in [4.78, 5) is 25.4. The van der Waals surface area contributed by atoms with Crippen LogP contribution in [0.5, 0.6) is 11.5 Å². The number of rotatable bonds is 7. The maximum Gasteiger partial charge on any atom is 0.256 e. The second kappa shape index (κ2) is 9.85. The van der Waals surface area contributed by atoms with Crippen molar-refractivity contribution < 1.29 is 19.2 Å². The molecule has 1 fully saturated rings. The van der Waals surface area contributed by atoms with Gasteiger partial charge in [-0.25, -0.2) is 0 Å². The first-order valence-corrected chi connectivity index (χ1v) is 12.7. The molecule has 1 amide bonds. The molecular formula is C27H25Cl2N3O5. The monoisotopic (exact) mass is 541 g/mol. The van der Waals surface area contributed by atoms with E-state index in [2.05, 4.69) is 10.6 Å².